The van der Waals surface area contributed by atoms with E-state index in [0.717, 1.165) is 21.7 Å². The number of nitrogens with zero attached hydrogens (tertiary/aromatic N) is 1. The van der Waals surface area contributed by atoms with Crippen molar-refractivity contribution >= 4 is 39.1 Å². The summed E-state index contributed by atoms with van der Waals surface area (Å²) in [5, 5.41) is 30.8. The van der Waals surface area contributed by atoms with E-state index in [0.29, 0.717) is 17.5 Å². The third-order valence-corrected chi connectivity index (χ3v) is 10.3. The zero-order valence-corrected chi connectivity index (χ0v) is 29.3. The Kier molecular flexibility index (Phi) is 11.2. The number of hydrogen-bond donors (Lipinski definition) is 5. The lowest BCUT2D eigenvalue weighted by atomic mass is 9.88. The number of sulfonamides is 1. The van der Waals surface area contributed by atoms with Gasteiger partial charge >= 0.3 is 0 Å². The van der Waals surface area contributed by atoms with Gasteiger partial charge in [0.25, 0.3) is 11.8 Å². The number of carbonyl (C=O) groups excluding carboxylic acids is 3. The highest BCUT2D eigenvalue weighted by Gasteiger charge is 2.38. The largest absolute Gasteiger partial charge is 0.390 e. The van der Waals surface area contributed by atoms with Crippen LogP contribution in [-0.2, 0) is 32.5 Å². The summed E-state index contributed by atoms with van der Waals surface area (Å²) >= 11 is 0. The van der Waals surface area contributed by atoms with E-state index in [4.69, 9.17) is 0 Å². The lowest BCUT2D eigenvalue weighted by molar-refractivity contribution is -0.136. The molecule has 0 aliphatic heterocycles. The fraction of sp³-hybridized carbons (Fsp3) is 0.289. The second kappa shape index (κ2) is 15.4. The van der Waals surface area contributed by atoms with E-state index in [1.807, 2.05) is 24.3 Å². The molecular formula is C38H41FN4O7S. The Morgan fingerprint density at radius 2 is 1.65 bits per heavy atom. The van der Waals surface area contributed by atoms with Gasteiger partial charge in [0.2, 0.25) is 15.9 Å². The predicted octanol–water partition coefficient (Wildman–Crippen LogP) is 4.18. The van der Waals surface area contributed by atoms with Gasteiger partial charge < -0.3 is 26.2 Å². The van der Waals surface area contributed by atoms with Crippen LogP contribution in [0.3, 0.4) is 0 Å². The van der Waals surface area contributed by atoms with Gasteiger partial charge in [-0.1, -0.05) is 66.7 Å². The molecule has 4 aromatic carbocycles. The maximum Gasteiger partial charge on any atom is 0.256 e. The molecule has 0 fully saturated rings. The molecule has 0 saturated carbocycles. The highest BCUT2D eigenvalue weighted by atomic mass is 32.2. The summed E-state index contributed by atoms with van der Waals surface area (Å²) in [6.45, 7) is 1.70. The number of halogens is 1. The summed E-state index contributed by atoms with van der Waals surface area (Å²) in [4.78, 5) is 40.6. The van der Waals surface area contributed by atoms with E-state index in [1.54, 1.807) is 37.3 Å². The van der Waals surface area contributed by atoms with Gasteiger partial charge in [-0.15, -0.1) is 0 Å². The average molecular weight is 717 g/mol. The van der Waals surface area contributed by atoms with Crippen molar-refractivity contribution < 1.29 is 37.4 Å². The van der Waals surface area contributed by atoms with Crippen molar-refractivity contribution in [2.75, 3.05) is 22.9 Å². The van der Waals surface area contributed by atoms with E-state index in [2.05, 4.69) is 16.0 Å². The molecule has 11 nitrogen and oxygen atoms in total. The van der Waals surface area contributed by atoms with Crippen LogP contribution >= 0.6 is 0 Å². The molecule has 5 N–H and O–H groups in total. The number of amides is 3. The number of nitrogens with one attached hydrogen (secondary N) is 3. The SMILES string of the molecule is C[C@@H](NC(=O)c1cc(NC(=O)C(O)(CCC(=O)N[C@H]2c3ccccc3C[C@H]2O)Cc2ccccc2)cc(N(C)S(C)(=O)=O)c1)c1ccc(F)cc1. The highest BCUT2D eigenvalue weighted by Crippen LogP contribution is 2.32. The topological polar surface area (TPSA) is 165 Å². The molecule has 4 atom stereocenters. The van der Waals surface area contributed by atoms with Gasteiger partial charge in [-0.2, -0.15) is 0 Å². The lowest BCUT2D eigenvalue weighted by Gasteiger charge is -2.28. The molecule has 51 heavy (non-hydrogen) atoms. The van der Waals surface area contributed by atoms with E-state index in [1.165, 1.54) is 49.5 Å². The van der Waals surface area contributed by atoms with Crippen molar-refractivity contribution in [1.82, 2.24) is 10.6 Å². The number of carbonyl (C=O) groups is 3. The first kappa shape index (κ1) is 37.2. The minimum Gasteiger partial charge on any atom is -0.390 e. The fourth-order valence-corrected chi connectivity index (χ4v) is 6.57. The molecule has 0 saturated heterocycles. The molecule has 1 unspecified atom stereocenters. The minimum atomic E-state index is -3.79. The second-order valence-corrected chi connectivity index (χ2v) is 14.9. The monoisotopic (exact) mass is 716 g/mol. The number of aliphatic hydroxyl groups excluding tert-OH is 1. The quantitative estimate of drug-likeness (QED) is 0.139. The van der Waals surface area contributed by atoms with Gasteiger partial charge in [0.1, 0.15) is 11.4 Å². The summed E-state index contributed by atoms with van der Waals surface area (Å²) in [6.07, 6.45) is -0.154. The number of rotatable bonds is 13. The second-order valence-electron chi connectivity index (χ2n) is 12.9. The Morgan fingerprint density at radius 1 is 0.980 bits per heavy atom. The summed E-state index contributed by atoms with van der Waals surface area (Å²) in [5.41, 5.74) is 0.960. The third kappa shape index (κ3) is 9.17. The molecule has 13 heteroatoms. The van der Waals surface area contributed by atoms with E-state index in [-0.39, 0.29) is 36.2 Å². The van der Waals surface area contributed by atoms with E-state index >= 15 is 0 Å². The number of aliphatic hydroxyl groups is 2. The van der Waals surface area contributed by atoms with Crippen LogP contribution in [0, 0.1) is 5.82 Å². The van der Waals surface area contributed by atoms with Crippen molar-refractivity contribution in [3.8, 4) is 0 Å². The van der Waals surface area contributed by atoms with Crippen LogP contribution in [0.4, 0.5) is 15.8 Å². The van der Waals surface area contributed by atoms with Crippen LogP contribution in [0.2, 0.25) is 0 Å². The molecule has 268 valence electrons. The first-order chi connectivity index (χ1) is 24.1. The normalized spacial score (nSPS) is 17.1. The van der Waals surface area contributed by atoms with Crippen LogP contribution < -0.4 is 20.3 Å². The molecule has 1 aliphatic rings. The Bertz CT molecular complexity index is 2010. The van der Waals surface area contributed by atoms with Crippen molar-refractivity contribution in [1.29, 1.82) is 0 Å². The Labute approximate surface area is 296 Å². The van der Waals surface area contributed by atoms with Gasteiger partial charge in [0.05, 0.1) is 30.1 Å². The Hall–Kier alpha value is -5.11. The Balaban J connectivity index is 1.39. The molecule has 0 heterocycles. The summed E-state index contributed by atoms with van der Waals surface area (Å²) in [5.74, 6) is -2.38. The molecular weight excluding hydrogens is 676 g/mol. The summed E-state index contributed by atoms with van der Waals surface area (Å²) < 4.78 is 39.4. The average Bonchev–Trinajstić information content (AvgIpc) is 3.41. The molecule has 1 aliphatic carbocycles. The molecule has 4 aromatic rings. The molecule has 3 amide bonds. The van der Waals surface area contributed by atoms with Crippen LogP contribution in [0.1, 0.15) is 64.5 Å². The zero-order valence-electron chi connectivity index (χ0n) is 28.5. The van der Waals surface area contributed by atoms with Crippen LogP contribution in [0.5, 0.6) is 0 Å². The summed E-state index contributed by atoms with van der Waals surface area (Å²) in [6, 6.07) is 24.6. The van der Waals surface area contributed by atoms with Crippen molar-refractivity contribution in [2.45, 2.75) is 56.4 Å². The minimum absolute atomic E-state index is 0.00800. The van der Waals surface area contributed by atoms with Crippen molar-refractivity contribution in [3.05, 3.63) is 131 Å². The predicted molar refractivity (Wildman–Crippen MR) is 192 cm³/mol. The van der Waals surface area contributed by atoms with Gasteiger partial charge in [-0.05, 0) is 65.9 Å². The highest BCUT2D eigenvalue weighted by molar-refractivity contribution is 7.92. The van der Waals surface area contributed by atoms with Crippen LogP contribution in [0.25, 0.3) is 0 Å². The number of fused-ring (bicyclic) bond motifs is 1. The van der Waals surface area contributed by atoms with E-state index in [9.17, 15) is 37.4 Å². The third-order valence-electron chi connectivity index (χ3n) is 9.06. The number of hydrogen-bond acceptors (Lipinski definition) is 7. The molecule has 0 aromatic heterocycles. The smallest absolute Gasteiger partial charge is 0.256 e. The van der Waals surface area contributed by atoms with Gasteiger partial charge in [0.15, 0.2) is 0 Å². The first-order valence-electron chi connectivity index (χ1n) is 16.4. The molecule has 0 bridgehead atoms. The molecule has 0 radical (unpaired) electrons. The first-order valence-corrected chi connectivity index (χ1v) is 18.3. The van der Waals surface area contributed by atoms with Gasteiger partial charge in [0, 0.05) is 37.6 Å². The molecule has 5 rings (SSSR count). The fourth-order valence-electron chi connectivity index (χ4n) is 6.08. The van der Waals surface area contributed by atoms with Crippen molar-refractivity contribution in [3.63, 3.8) is 0 Å². The lowest BCUT2D eigenvalue weighted by Crippen LogP contribution is -2.46. The van der Waals surface area contributed by atoms with Gasteiger partial charge in [-0.25, -0.2) is 12.8 Å². The van der Waals surface area contributed by atoms with Crippen LogP contribution in [-0.4, -0.2) is 61.4 Å². The maximum absolute atomic E-state index is 14.0. The van der Waals surface area contributed by atoms with E-state index < -0.39 is 57.4 Å². The number of anilines is 2. The Morgan fingerprint density at radius 3 is 2.33 bits per heavy atom. The zero-order chi connectivity index (χ0) is 36.9. The summed E-state index contributed by atoms with van der Waals surface area (Å²) in [7, 11) is -2.50. The van der Waals surface area contributed by atoms with Crippen molar-refractivity contribution in [2.24, 2.45) is 0 Å². The molecule has 0 spiro atoms. The van der Waals surface area contributed by atoms with Gasteiger partial charge in [-0.3, -0.25) is 18.7 Å². The number of benzene rings is 4. The van der Waals surface area contributed by atoms with Crippen LogP contribution in [0.15, 0.2) is 97.1 Å². The maximum atomic E-state index is 14.0. The standard InChI is InChI=1S/C38H41FN4O7S/c1-24(26-13-15-29(39)16-14-26)40-36(46)28-19-30(22-31(20-28)43(2)51(3,49)50)41-37(47)38(48,23-25-9-5-4-6-10-25)18-17-34(45)42-35-32-12-8-7-11-27(32)21-33(35)44/h4-16,19-20,22,24,33,35,44,48H,17-18,21,23H2,1-3H3,(H,40,46)(H,41,47)(H,42,45)/t24-,33-,35+,38?/m1/s1.